The van der Waals surface area contributed by atoms with Gasteiger partial charge in [-0.15, -0.1) is 10.2 Å². The SMILES string of the molecule is Cc1ccc(C(=O)Nc2ccc(Oc3ccc(-n4ccc(C)n4)nn3)cc2)c(C)c1. The highest BCUT2D eigenvalue weighted by Crippen LogP contribution is 2.22. The summed E-state index contributed by atoms with van der Waals surface area (Å²) in [5.74, 6) is 1.43. The number of aryl methyl sites for hydroxylation is 3. The number of nitrogens with zero attached hydrogens (tertiary/aromatic N) is 4. The minimum Gasteiger partial charge on any atom is -0.438 e. The molecule has 0 atom stereocenters. The number of amides is 1. The van der Waals surface area contributed by atoms with Gasteiger partial charge < -0.3 is 10.1 Å². The van der Waals surface area contributed by atoms with Crippen LogP contribution in [0.1, 0.15) is 27.2 Å². The van der Waals surface area contributed by atoms with Crippen molar-refractivity contribution in [2.24, 2.45) is 0 Å². The van der Waals surface area contributed by atoms with Crippen LogP contribution in [0.5, 0.6) is 11.6 Å². The molecule has 0 fully saturated rings. The second-order valence-electron chi connectivity index (χ2n) is 7.03. The van der Waals surface area contributed by atoms with Gasteiger partial charge in [-0.25, -0.2) is 4.68 Å². The van der Waals surface area contributed by atoms with Crippen molar-refractivity contribution < 1.29 is 9.53 Å². The van der Waals surface area contributed by atoms with E-state index in [1.165, 1.54) is 0 Å². The average Bonchev–Trinajstić information content (AvgIpc) is 3.16. The summed E-state index contributed by atoms with van der Waals surface area (Å²) in [6.07, 6.45) is 1.82. The molecular weight excluding hydrogens is 378 g/mol. The molecule has 0 spiro atoms. The number of ether oxygens (including phenoxy) is 1. The monoisotopic (exact) mass is 399 g/mol. The number of carbonyl (C=O) groups excluding carboxylic acids is 1. The molecule has 0 aliphatic heterocycles. The predicted molar refractivity (Wildman–Crippen MR) is 114 cm³/mol. The smallest absolute Gasteiger partial charge is 0.255 e. The first-order valence-electron chi connectivity index (χ1n) is 9.51. The summed E-state index contributed by atoms with van der Waals surface area (Å²) < 4.78 is 7.39. The predicted octanol–water partition coefficient (Wildman–Crippen LogP) is 4.63. The Morgan fingerprint density at radius 2 is 1.73 bits per heavy atom. The third kappa shape index (κ3) is 4.35. The molecule has 1 N–H and O–H groups in total. The zero-order valence-electron chi connectivity index (χ0n) is 17.0. The molecule has 30 heavy (non-hydrogen) atoms. The molecular formula is C23H21N5O2. The molecule has 0 aliphatic carbocycles. The van der Waals surface area contributed by atoms with Crippen molar-refractivity contribution in [3.8, 4) is 17.4 Å². The van der Waals surface area contributed by atoms with Crippen molar-refractivity contribution in [3.63, 3.8) is 0 Å². The van der Waals surface area contributed by atoms with Crippen LogP contribution in [0, 0.1) is 20.8 Å². The van der Waals surface area contributed by atoms with Crippen LogP contribution in [0.3, 0.4) is 0 Å². The normalized spacial score (nSPS) is 10.6. The number of nitrogens with one attached hydrogen (secondary N) is 1. The highest BCUT2D eigenvalue weighted by molar-refractivity contribution is 6.05. The second-order valence-corrected chi connectivity index (χ2v) is 7.03. The third-order valence-corrected chi connectivity index (χ3v) is 4.54. The van der Waals surface area contributed by atoms with Crippen molar-refractivity contribution >= 4 is 11.6 Å². The molecule has 0 saturated carbocycles. The summed E-state index contributed by atoms with van der Waals surface area (Å²) in [4.78, 5) is 12.5. The highest BCUT2D eigenvalue weighted by atomic mass is 16.5. The van der Waals surface area contributed by atoms with Gasteiger partial charge in [-0.2, -0.15) is 5.10 Å². The minimum absolute atomic E-state index is 0.142. The maximum atomic E-state index is 12.5. The molecule has 0 saturated heterocycles. The Morgan fingerprint density at radius 3 is 2.37 bits per heavy atom. The minimum atomic E-state index is -0.142. The Morgan fingerprint density at radius 1 is 0.933 bits per heavy atom. The standard InChI is InChI=1S/C23H21N5O2/c1-15-4-9-20(16(2)14-15)23(29)24-18-5-7-19(8-6-18)30-22-11-10-21(25-26-22)28-13-12-17(3)27-28/h4-14H,1-3H3,(H,24,29). The molecule has 1 amide bonds. The van der Waals surface area contributed by atoms with E-state index >= 15 is 0 Å². The maximum Gasteiger partial charge on any atom is 0.255 e. The van der Waals surface area contributed by atoms with Gasteiger partial charge in [0, 0.05) is 23.5 Å². The third-order valence-electron chi connectivity index (χ3n) is 4.54. The average molecular weight is 399 g/mol. The van der Waals surface area contributed by atoms with Gasteiger partial charge in [-0.1, -0.05) is 17.7 Å². The van der Waals surface area contributed by atoms with Gasteiger partial charge in [0.05, 0.1) is 5.69 Å². The molecule has 0 aliphatic rings. The fourth-order valence-electron chi connectivity index (χ4n) is 3.03. The molecule has 4 aromatic rings. The second kappa shape index (κ2) is 8.16. The van der Waals surface area contributed by atoms with E-state index in [0.717, 1.165) is 16.8 Å². The van der Waals surface area contributed by atoms with Crippen LogP contribution in [-0.2, 0) is 0 Å². The number of benzene rings is 2. The lowest BCUT2D eigenvalue weighted by Gasteiger charge is -2.09. The van der Waals surface area contributed by atoms with Crippen molar-refractivity contribution in [1.29, 1.82) is 0 Å². The molecule has 150 valence electrons. The lowest BCUT2D eigenvalue weighted by Crippen LogP contribution is -2.13. The van der Waals surface area contributed by atoms with Crippen molar-refractivity contribution in [1.82, 2.24) is 20.0 Å². The van der Waals surface area contributed by atoms with Gasteiger partial charge in [0.2, 0.25) is 5.88 Å². The fraction of sp³-hybridized carbons (Fsp3) is 0.130. The number of aromatic nitrogens is 4. The Bertz CT molecular complexity index is 1180. The zero-order valence-corrected chi connectivity index (χ0v) is 17.0. The van der Waals surface area contributed by atoms with Gasteiger partial charge in [-0.3, -0.25) is 4.79 Å². The number of anilines is 1. The van der Waals surface area contributed by atoms with Gasteiger partial charge in [0.25, 0.3) is 5.91 Å². The van der Waals surface area contributed by atoms with Gasteiger partial charge in [0.15, 0.2) is 5.82 Å². The van der Waals surface area contributed by atoms with Crippen molar-refractivity contribution in [2.75, 3.05) is 5.32 Å². The van der Waals surface area contributed by atoms with E-state index in [2.05, 4.69) is 20.6 Å². The van der Waals surface area contributed by atoms with E-state index < -0.39 is 0 Å². The molecule has 0 bridgehead atoms. The van der Waals surface area contributed by atoms with E-state index in [9.17, 15) is 4.79 Å². The van der Waals surface area contributed by atoms with E-state index in [4.69, 9.17) is 4.74 Å². The Balaban J connectivity index is 1.40. The van der Waals surface area contributed by atoms with Crippen LogP contribution >= 0.6 is 0 Å². The first-order valence-corrected chi connectivity index (χ1v) is 9.51. The molecule has 2 aromatic carbocycles. The van der Waals surface area contributed by atoms with Crippen LogP contribution in [-0.4, -0.2) is 25.9 Å². The Hall–Kier alpha value is -4.00. The largest absolute Gasteiger partial charge is 0.438 e. The molecule has 7 heteroatoms. The van der Waals surface area contributed by atoms with Crippen LogP contribution in [0.15, 0.2) is 66.9 Å². The topological polar surface area (TPSA) is 81.9 Å². The summed E-state index contributed by atoms with van der Waals surface area (Å²) in [5.41, 5.74) is 4.31. The van der Waals surface area contributed by atoms with E-state index in [1.807, 2.05) is 51.2 Å². The molecule has 2 aromatic heterocycles. The number of hydrogen-bond donors (Lipinski definition) is 1. The summed E-state index contributed by atoms with van der Waals surface area (Å²) in [5, 5.41) is 15.4. The lowest BCUT2D eigenvalue weighted by molar-refractivity contribution is 0.102. The summed E-state index contributed by atoms with van der Waals surface area (Å²) in [7, 11) is 0. The van der Waals surface area contributed by atoms with Crippen molar-refractivity contribution in [3.05, 3.63) is 89.2 Å². The van der Waals surface area contributed by atoms with Gasteiger partial charge in [-0.05, 0) is 68.8 Å². The molecule has 4 rings (SSSR count). The van der Waals surface area contributed by atoms with Crippen LogP contribution in [0.25, 0.3) is 5.82 Å². The molecule has 2 heterocycles. The number of carbonyl (C=O) groups is 1. The van der Waals surface area contributed by atoms with Crippen LogP contribution in [0.4, 0.5) is 5.69 Å². The molecule has 0 unspecified atom stereocenters. The van der Waals surface area contributed by atoms with E-state index in [-0.39, 0.29) is 5.91 Å². The maximum absolute atomic E-state index is 12.5. The van der Waals surface area contributed by atoms with Gasteiger partial charge >= 0.3 is 0 Å². The number of hydrogen-bond acceptors (Lipinski definition) is 5. The first-order chi connectivity index (χ1) is 14.5. The van der Waals surface area contributed by atoms with Crippen molar-refractivity contribution in [2.45, 2.75) is 20.8 Å². The Labute approximate surface area is 174 Å². The lowest BCUT2D eigenvalue weighted by atomic mass is 10.1. The van der Waals surface area contributed by atoms with E-state index in [0.29, 0.717) is 28.7 Å². The summed E-state index contributed by atoms with van der Waals surface area (Å²) >= 11 is 0. The Kier molecular flexibility index (Phi) is 5.26. The first kappa shape index (κ1) is 19.3. The highest BCUT2D eigenvalue weighted by Gasteiger charge is 2.10. The summed E-state index contributed by atoms with van der Waals surface area (Å²) in [6.45, 7) is 5.85. The molecule has 7 nitrogen and oxygen atoms in total. The molecule has 0 radical (unpaired) electrons. The fourth-order valence-corrected chi connectivity index (χ4v) is 3.03. The zero-order chi connectivity index (χ0) is 21.1. The quantitative estimate of drug-likeness (QED) is 0.529. The van der Waals surface area contributed by atoms with Crippen LogP contribution in [0.2, 0.25) is 0 Å². The number of rotatable bonds is 5. The van der Waals surface area contributed by atoms with E-state index in [1.54, 1.807) is 41.1 Å². The van der Waals surface area contributed by atoms with Crippen LogP contribution < -0.4 is 10.1 Å². The summed E-state index contributed by atoms with van der Waals surface area (Å²) in [6, 6.07) is 18.3. The van der Waals surface area contributed by atoms with Gasteiger partial charge in [0.1, 0.15) is 5.75 Å².